The van der Waals surface area contributed by atoms with E-state index in [-0.39, 0.29) is 5.69 Å². The first-order valence-electron chi connectivity index (χ1n) is 6.39. The molecule has 1 N–H and O–H groups in total. The second-order valence-electron chi connectivity index (χ2n) is 4.69. The topological polar surface area (TPSA) is 79.0 Å². The van der Waals surface area contributed by atoms with Gasteiger partial charge in [-0.2, -0.15) is 0 Å². The van der Waals surface area contributed by atoms with Crippen LogP contribution in [0.3, 0.4) is 0 Å². The molecule has 6 heteroatoms. The van der Waals surface area contributed by atoms with Crippen molar-refractivity contribution in [3.8, 4) is 0 Å². The third-order valence-electron chi connectivity index (χ3n) is 3.35. The van der Waals surface area contributed by atoms with Gasteiger partial charge in [-0.15, -0.1) is 0 Å². The highest BCUT2D eigenvalue weighted by Crippen LogP contribution is 2.14. The summed E-state index contributed by atoms with van der Waals surface area (Å²) in [5.74, 6) is 0. The SMILES string of the molecule is O=[N+]([O-])c1ccc(/C(CN2CCCCC2)=N/O)cc1. The fraction of sp³-hybridized carbons (Fsp3) is 0.462. The molecule has 1 aliphatic rings. The smallest absolute Gasteiger partial charge is 0.269 e. The molecule has 0 aromatic heterocycles. The van der Waals surface area contributed by atoms with E-state index in [1.165, 1.54) is 31.4 Å². The third kappa shape index (κ3) is 3.51. The molecule has 1 heterocycles. The standard InChI is InChI=1S/C13H17N3O3/c17-14-13(10-15-8-2-1-3-9-15)11-4-6-12(7-5-11)16(18)19/h4-7,17H,1-3,8-10H2/b14-13+. The minimum absolute atomic E-state index is 0.0408. The van der Waals surface area contributed by atoms with Gasteiger partial charge in [0.25, 0.3) is 5.69 Å². The second-order valence-corrected chi connectivity index (χ2v) is 4.69. The van der Waals surface area contributed by atoms with Gasteiger partial charge in [0.2, 0.25) is 0 Å². The number of hydrogen-bond donors (Lipinski definition) is 1. The molecule has 0 spiro atoms. The largest absolute Gasteiger partial charge is 0.411 e. The Hall–Kier alpha value is -1.95. The van der Waals surface area contributed by atoms with Crippen molar-refractivity contribution in [3.63, 3.8) is 0 Å². The van der Waals surface area contributed by atoms with Crippen LogP contribution in [0.25, 0.3) is 0 Å². The number of likely N-dealkylation sites (tertiary alicyclic amines) is 1. The van der Waals surface area contributed by atoms with Crippen molar-refractivity contribution in [2.75, 3.05) is 19.6 Å². The predicted molar refractivity (Wildman–Crippen MR) is 71.7 cm³/mol. The van der Waals surface area contributed by atoms with E-state index in [0.29, 0.717) is 12.3 Å². The van der Waals surface area contributed by atoms with Crippen molar-refractivity contribution in [2.45, 2.75) is 19.3 Å². The number of non-ortho nitro benzene ring substituents is 1. The van der Waals surface area contributed by atoms with Gasteiger partial charge in [-0.25, -0.2) is 0 Å². The first-order chi connectivity index (χ1) is 9.20. The molecule has 0 bridgehead atoms. The van der Waals surface area contributed by atoms with Crippen molar-refractivity contribution in [3.05, 3.63) is 39.9 Å². The van der Waals surface area contributed by atoms with E-state index in [1.54, 1.807) is 12.1 Å². The van der Waals surface area contributed by atoms with Crippen LogP contribution in [0.15, 0.2) is 29.4 Å². The molecule has 1 aromatic rings. The summed E-state index contributed by atoms with van der Waals surface area (Å²) in [5.41, 5.74) is 1.31. The second kappa shape index (κ2) is 6.29. The summed E-state index contributed by atoms with van der Waals surface area (Å²) in [6.07, 6.45) is 3.58. The van der Waals surface area contributed by atoms with Gasteiger partial charge >= 0.3 is 0 Å². The summed E-state index contributed by atoms with van der Waals surface area (Å²) in [5, 5.41) is 23.0. The summed E-state index contributed by atoms with van der Waals surface area (Å²) in [6.45, 7) is 2.59. The molecule has 1 saturated heterocycles. The Morgan fingerprint density at radius 3 is 2.42 bits per heavy atom. The maximum absolute atomic E-state index is 10.6. The maximum Gasteiger partial charge on any atom is 0.269 e. The number of nitro benzene ring substituents is 1. The highest BCUT2D eigenvalue weighted by atomic mass is 16.6. The van der Waals surface area contributed by atoms with Gasteiger partial charge in [0.1, 0.15) is 5.71 Å². The fourth-order valence-electron chi connectivity index (χ4n) is 2.29. The van der Waals surface area contributed by atoms with Gasteiger partial charge in [-0.3, -0.25) is 15.0 Å². The van der Waals surface area contributed by atoms with E-state index in [1.807, 2.05) is 0 Å². The lowest BCUT2D eigenvalue weighted by molar-refractivity contribution is -0.384. The Labute approximate surface area is 111 Å². The predicted octanol–water partition coefficient (Wildman–Crippen LogP) is 2.26. The number of rotatable bonds is 4. The molecule has 0 atom stereocenters. The molecular weight excluding hydrogens is 246 g/mol. The summed E-state index contributed by atoms with van der Waals surface area (Å²) < 4.78 is 0. The zero-order valence-electron chi connectivity index (χ0n) is 10.7. The van der Waals surface area contributed by atoms with E-state index < -0.39 is 4.92 Å². The van der Waals surface area contributed by atoms with Crippen LogP contribution in [0.5, 0.6) is 0 Å². The van der Waals surface area contributed by atoms with Crippen LogP contribution in [-0.2, 0) is 0 Å². The highest BCUT2D eigenvalue weighted by molar-refractivity contribution is 6.01. The Balaban J connectivity index is 2.06. The number of benzene rings is 1. The van der Waals surface area contributed by atoms with Crippen LogP contribution in [0.4, 0.5) is 5.69 Å². The minimum Gasteiger partial charge on any atom is -0.411 e. The Morgan fingerprint density at radius 2 is 1.89 bits per heavy atom. The minimum atomic E-state index is -0.440. The molecule has 0 radical (unpaired) electrons. The molecule has 0 saturated carbocycles. The molecule has 1 aliphatic heterocycles. The monoisotopic (exact) mass is 263 g/mol. The fourth-order valence-corrected chi connectivity index (χ4v) is 2.29. The molecule has 0 amide bonds. The average molecular weight is 263 g/mol. The van der Waals surface area contributed by atoms with Crippen molar-refractivity contribution in [1.29, 1.82) is 0 Å². The molecular formula is C13H17N3O3. The summed E-state index contributed by atoms with van der Waals surface area (Å²) in [6, 6.07) is 6.10. The molecule has 2 rings (SSSR count). The van der Waals surface area contributed by atoms with E-state index in [0.717, 1.165) is 18.7 Å². The zero-order valence-corrected chi connectivity index (χ0v) is 10.7. The van der Waals surface area contributed by atoms with Gasteiger partial charge < -0.3 is 5.21 Å². The highest BCUT2D eigenvalue weighted by Gasteiger charge is 2.15. The van der Waals surface area contributed by atoms with E-state index in [4.69, 9.17) is 5.21 Å². The molecule has 0 aliphatic carbocycles. The van der Waals surface area contributed by atoms with Crippen molar-refractivity contribution in [1.82, 2.24) is 4.90 Å². The van der Waals surface area contributed by atoms with Crippen molar-refractivity contribution in [2.24, 2.45) is 5.16 Å². The molecule has 0 unspecified atom stereocenters. The Kier molecular flexibility index (Phi) is 4.46. The van der Waals surface area contributed by atoms with Crippen LogP contribution >= 0.6 is 0 Å². The first-order valence-corrected chi connectivity index (χ1v) is 6.39. The van der Waals surface area contributed by atoms with Crippen LogP contribution in [-0.4, -0.2) is 40.4 Å². The number of hydrogen-bond acceptors (Lipinski definition) is 5. The summed E-state index contributed by atoms with van der Waals surface area (Å²) >= 11 is 0. The van der Waals surface area contributed by atoms with E-state index in [2.05, 4.69) is 10.1 Å². The number of piperidine rings is 1. The van der Waals surface area contributed by atoms with Crippen LogP contribution < -0.4 is 0 Å². The number of nitro groups is 1. The average Bonchev–Trinajstić information content (AvgIpc) is 2.46. The van der Waals surface area contributed by atoms with Crippen molar-refractivity contribution < 1.29 is 10.1 Å². The lowest BCUT2D eigenvalue weighted by atomic mass is 10.1. The molecule has 6 nitrogen and oxygen atoms in total. The van der Waals surface area contributed by atoms with Gasteiger partial charge in [0, 0.05) is 24.2 Å². The number of nitrogens with zero attached hydrogens (tertiary/aromatic N) is 3. The summed E-state index contributed by atoms with van der Waals surface area (Å²) in [7, 11) is 0. The quantitative estimate of drug-likeness (QED) is 0.391. The molecule has 102 valence electrons. The zero-order chi connectivity index (χ0) is 13.7. The molecule has 1 fully saturated rings. The summed E-state index contributed by atoms with van der Waals surface area (Å²) in [4.78, 5) is 12.4. The third-order valence-corrected chi connectivity index (χ3v) is 3.35. The van der Waals surface area contributed by atoms with E-state index >= 15 is 0 Å². The molecule has 1 aromatic carbocycles. The van der Waals surface area contributed by atoms with Crippen molar-refractivity contribution >= 4 is 11.4 Å². The van der Waals surface area contributed by atoms with Crippen LogP contribution in [0.1, 0.15) is 24.8 Å². The molecule has 19 heavy (non-hydrogen) atoms. The lowest BCUT2D eigenvalue weighted by Gasteiger charge is -2.26. The van der Waals surface area contributed by atoms with E-state index in [9.17, 15) is 10.1 Å². The van der Waals surface area contributed by atoms with Gasteiger partial charge in [0.15, 0.2) is 0 Å². The Morgan fingerprint density at radius 1 is 1.26 bits per heavy atom. The maximum atomic E-state index is 10.6. The van der Waals surface area contributed by atoms with Gasteiger partial charge in [-0.1, -0.05) is 11.6 Å². The normalized spacial score (nSPS) is 17.4. The van der Waals surface area contributed by atoms with Crippen LogP contribution in [0, 0.1) is 10.1 Å². The lowest BCUT2D eigenvalue weighted by Crippen LogP contribution is -2.34. The van der Waals surface area contributed by atoms with Gasteiger partial charge in [-0.05, 0) is 38.1 Å². The first kappa shape index (κ1) is 13.5. The van der Waals surface area contributed by atoms with Crippen LogP contribution in [0.2, 0.25) is 0 Å². The van der Waals surface area contributed by atoms with Gasteiger partial charge in [0.05, 0.1) is 4.92 Å². The number of oxime groups is 1. The Bertz CT molecular complexity index is 465.